The van der Waals surface area contributed by atoms with Gasteiger partial charge in [-0.05, 0) is 50.6 Å². The van der Waals surface area contributed by atoms with Crippen molar-refractivity contribution < 1.29 is 14.3 Å². The van der Waals surface area contributed by atoms with Gasteiger partial charge in [0.15, 0.2) is 0 Å². The molecule has 2 N–H and O–H groups in total. The summed E-state index contributed by atoms with van der Waals surface area (Å²) in [5.41, 5.74) is 0.666. The van der Waals surface area contributed by atoms with Gasteiger partial charge in [-0.3, -0.25) is 4.79 Å². The zero-order valence-electron chi connectivity index (χ0n) is 14.6. The maximum Gasteiger partial charge on any atom is 0.227 e. The lowest BCUT2D eigenvalue weighted by atomic mass is 9.92. The standard InChI is InChI=1S/C20H24N2O3/c1-14-12-15(10-11-21-14)20(23)22-18-9-8-17(13-19(18)24-2)25-16-6-4-3-5-7-16/h3-9,13-15,21H,10-12H2,1-2H3,(H,22,23)/t14-,15-/m0/s1. The molecular weight excluding hydrogens is 316 g/mol. The normalized spacial score (nSPS) is 19.9. The fourth-order valence-electron chi connectivity index (χ4n) is 3.07. The Kier molecular flexibility index (Phi) is 5.56. The zero-order chi connectivity index (χ0) is 17.6. The molecule has 5 nitrogen and oxygen atoms in total. The van der Waals surface area contributed by atoms with E-state index in [1.807, 2.05) is 42.5 Å². The zero-order valence-corrected chi connectivity index (χ0v) is 14.6. The molecule has 1 heterocycles. The number of anilines is 1. The summed E-state index contributed by atoms with van der Waals surface area (Å²) in [4.78, 5) is 12.5. The molecule has 0 unspecified atom stereocenters. The molecule has 132 valence electrons. The molecule has 0 saturated carbocycles. The number of nitrogens with one attached hydrogen (secondary N) is 2. The Hall–Kier alpha value is -2.53. The van der Waals surface area contributed by atoms with Crippen LogP contribution in [0.25, 0.3) is 0 Å². The molecule has 1 aliphatic rings. The largest absolute Gasteiger partial charge is 0.494 e. The minimum Gasteiger partial charge on any atom is -0.494 e. The van der Waals surface area contributed by atoms with E-state index in [-0.39, 0.29) is 11.8 Å². The molecule has 0 aliphatic carbocycles. The number of piperidine rings is 1. The van der Waals surface area contributed by atoms with Gasteiger partial charge in [-0.15, -0.1) is 0 Å². The van der Waals surface area contributed by atoms with E-state index < -0.39 is 0 Å². The highest BCUT2D eigenvalue weighted by atomic mass is 16.5. The Balaban J connectivity index is 1.70. The summed E-state index contributed by atoms with van der Waals surface area (Å²) in [6.07, 6.45) is 1.71. The molecular formula is C20H24N2O3. The minimum absolute atomic E-state index is 0.0289. The molecule has 2 aromatic rings. The highest BCUT2D eigenvalue weighted by Crippen LogP contribution is 2.32. The number of carbonyl (C=O) groups is 1. The lowest BCUT2D eigenvalue weighted by molar-refractivity contribution is -0.120. The summed E-state index contributed by atoms with van der Waals surface area (Å²) in [5.74, 6) is 2.08. The van der Waals surface area contributed by atoms with Crippen LogP contribution in [0.1, 0.15) is 19.8 Å². The first-order chi connectivity index (χ1) is 12.2. The molecule has 0 aromatic heterocycles. The van der Waals surface area contributed by atoms with Crippen LogP contribution in [0.2, 0.25) is 0 Å². The average molecular weight is 340 g/mol. The number of benzene rings is 2. The van der Waals surface area contributed by atoms with Crippen molar-refractivity contribution in [3.8, 4) is 17.2 Å². The Bertz CT molecular complexity index is 718. The summed E-state index contributed by atoms with van der Waals surface area (Å²) in [6.45, 7) is 2.98. The molecule has 1 saturated heterocycles. The van der Waals surface area contributed by atoms with Gasteiger partial charge >= 0.3 is 0 Å². The van der Waals surface area contributed by atoms with E-state index in [2.05, 4.69) is 17.6 Å². The quantitative estimate of drug-likeness (QED) is 0.869. The summed E-state index contributed by atoms with van der Waals surface area (Å²) >= 11 is 0. The van der Waals surface area contributed by atoms with Gasteiger partial charge in [-0.2, -0.15) is 0 Å². The van der Waals surface area contributed by atoms with Crippen molar-refractivity contribution in [2.24, 2.45) is 5.92 Å². The first-order valence-electron chi connectivity index (χ1n) is 8.61. The molecule has 1 fully saturated rings. The maximum atomic E-state index is 12.5. The monoisotopic (exact) mass is 340 g/mol. The van der Waals surface area contributed by atoms with Crippen molar-refractivity contribution in [1.82, 2.24) is 5.32 Å². The molecule has 3 rings (SSSR count). The third kappa shape index (κ3) is 4.51. The number of methoxy groups -OCH3 is 1. The second-order valence-corrected chi connectivity index (χ2v) is 6.34. The lowest BCUT2D eigenvalue weighted by Crippen LogP contribution is -2.40. The molecule has 2 atom stereocenters. The smallest absolute Gasteiger partial charge is 0.227 e. The van der Waals surface area contributed by atoms with Gasteiger partial charge in [0.2, 0.25) is 5.91 Å². The van der Waals surface area contributed by atoms with Crippen LogP contribution in [0.15, 0.2) is 48.5 Å². The van der Waals surface area contributed by atoms with Crippen LogP contribution < -0.4 is 20.1 Å². The molecule has 1 amide bonds. The van der Waals surface area contributed by atoms with Gasteiger partial charge < -0.3 is 20.1 Å². The number of rotatable bonds is 5. The average Bonchev–Trinajstić information content (AvgIpc) is 2.63. The molecule has 1 aliphatic heterocycles. The summed E-state index contributed by atoms with van der Waals surface area (Å²) < 4.78 is 11.2. The first kappa shape index (κ1) is 17.3. The van der Waals surface area contributed by atoms with Crippen molar-refractivity contribution >= 4 is 11.6 Å². The predicted octanol–water partition coefficient (Wildman–Crippen LogP) is 3.81. The highest BCUT2D eigenvalue weighted by molar-refractivity contribution is 5.94. The highest BCUT2D eigenvalue weighted by Gasteiger charge is 2.25. The SMILES string of the molecule is COc1cc(Oc2ccccc2)ccc1NC(=O)[C@H]1CCN[C@@H](C)C1. The third-order valence-electron chi connectivity index (χ3n) is 4.40. The second-order valence-electron chi connectivity index (χ2n) is 6.34. The van der Waals surface area contributed by atoms with Crippen molar-refractivity contribution in [2.45, 2.75) is 25.8 Å². The summed E-state index contributed by atoms with van der Waals surface area (Å²) in [5, 5.41) is 6.36. The number of hydrogen-bond acceptors (Lipinski definition) is 4. The summed E-state index contributed by atoms with van der Waals surface area (Å²) in [7, 11) is 1.59. The van der Waals surface area contributed by atoms with Crippen molar-refractivity contribution in [1.29, 1.82) is 0 Å². The van der Waals surface area contributed by atoms with Gasteiger partial charge in [-0.1, -0.05) is 18.2 Å². The van der Waals surface area contributed by atoms with Gasteiger partial charge in [0.25, 0.3) is 0 Å². The maximum absolute atomic E-state index is 12.5. The molecule has 25 heavy (non-hydrogen) atoms. The predicted molar refractivity (Wildman–Crippen MR) is 98.3 cm³/mol. The lowest BCUT2D eigenvalue weighted by Gasteiger charge is -2.27. The van der Waals surface area contributed by atoms with E-state index in [9.17, 15) is 4.79 Å². The Morgan fingerprint density at radius 2 is 1.96 bits per heavy atom. The number of amides is 1. The number of para-hydroxylation sites is 1. The Labute approximate surface area is 148 Å². The van der Waals surface area contributed by atoms with Gasteiger partial charge in [0.1, 0.15) is 17.2 Å². The number of hydrogen-bond donors (Lipinski definition) is 2. The topological polar surface area (TPSA) is 59.6 Å². The number of carbonyl (C=O) groups excluding carboxylic acids is 1. The minimum atomic E-state index is 0.0289. The van der Waals surface area contributed by atoms with E-state index in [1.165, 1.54) is 0 Å². The molecule has 0 spiro atoms. The fourth-order valence-corrected chi connectivity index (χ4v) is 3.07. The van der Waals surface area contributed by atoms with Gasteiger partial charge in [-0.25, -0.2) is 0 Å². The van der Waals surface area contributed by atoms with Crippen LogP contribution in [-0.2, 0) is 4.79 Å². The van der Waals surface area contributed by atoms with Crippen LogP contribution in [0, 0.1) is 5.92 Å². The van der Waals surface area contributed by atoms with E-state index in [0.717, 1.165) is 25.1 Å². The molecule has 5 heteroatoms. The van der Waals surface area contributed by atoms with Gasteiger partial charge in [0.05, 0.1) is 12.8 Å². The number of ether oxygens (including phenoxy) is 2. The van der Waals surface area contributed by atoms with Crippen LogP contribution in [0.4, 0.5) is 5.69 Å². The van der Waals surface area contributed by atoms with Crippen molar-refractivity contribution in [3.63, 3.8) is 0 Å². The summed E-state index contributed by atoms with van der Waals surface area (Å²) in [6, 6.07) is 15.4. The van der Waals surface area contributed by atoms with E-state index in [4.69, 9.17) is 9.47 Å². The molecule has 0 radical (unpaired) electrons. The molecule has 0 bridgehead atoms. The van der Waals surface area contributed by atoms with Crippen LogP contribution in [0.5, 0.6) is 17.2 Å². The third-order valence-corrected chi connectivity index (χ3v) is 4.40. The van der Waals surface area contributed by atoms with E-state index >= 15 is 0 Å². The first-order valence-corrected chi connectivity index (χ1v) is 8.61. The Morgan fingerprint density at radius 3 is 2.68 bits per heavy atom. The van der Waals surface area contributed by atoms with Crippen LogP contribution in [0.3, 0.4) is 0 Å². The van der Waals surface area contributed by atoms with E-state index in [0.29, 0.717) is 23.2 Å². The van der Waals surface area contributed by atoms with Crippen molar-refractivity contribution in [2.75, 3.05) is 19.0 Å². The fraction of sp³-hybridized carbons (Fsp3) is 0.350. The van der Waals surface area contributed by atoms with Gasteiger partial charge in [0, 0.05) is 18.0 Å². The van der Waals surface area contributed by atoms with Crippen LogP contribution >= 0.6 is 0 Å². The second kappa shape index (κ2) is 8.03. The van der Waals surface area contributed by atoms with E-state index in [1.54, 1.807) is 13.2 Å². The van der Waals surface area contributed by atoms with Crippen molar-refractivity contribution in [3.05, 3.63) is 48.5 Å². The Morgan fingerprint density at radius 1 is 1.16 bits per heavy atom. The van der Waals surface area contributed by atoms with Crippen LogP contribution in [-0.4, -0.2) is 25.6 Å². The molecule has 2 aromatic carbocycles.